The van der Waals surface area contributed by atoms with Gasteiger partial charge < -0.3 is 25.7 Å². The number of unbranched alkanes of at least 4 members (excludes halogenated alkanes) is 52. The SMILES string of the molecule is CCCCCCCCCCCCCCCCCCCCCCCCCC/C=C/CCCC(O)C(O)C(CO)NC(=O)C(O)CCCCCCCCCCCCCCCCCCCCCCCCCCCCCC. The maximum Gasteiger partial charge on any atom is 0.249 e. The number of aliphatic hydroxyl groups is 4. The van der Waals surface area contributed by atoms with E-state index in [0.29, 0.717) is 12.8 Å². The van der Waals surface area contributed by atoms with Crippen LogP contribution in [0, 0.1) is 0 Å². The van der Waals surface area contributed by atoms with Gasteiger partial charge in [0, 0.05) is 0 Å². The molecule has 0 radical (unpaired) electrons. The molecule has 4 unspecified atom stereocenters. The first-order valence-electron chi connectivity index (χ1n) is 33.6. The van der Waals surface area contributed by atoms with Gasteiger partial charge in [-0.15, -0.1) is 0 Å². The minimum absolute atomic E-state index is 0.369. The van der Waals surface area contributed by atoms with Crippen LogP contribution in [0.25, 0.3) is 0 Å². The van der Waals surface area contributed by atoms with Crippen molar-refractivity contribution < 1.29 is 25.2 Å². The van der Waals surface area contributed by atoms with E-state index in [1.165, 1.54) is 315 Å². The second-order valence-corrected chi connectivity index (χ2v) is 23.5. The molecule has 0 aromatic rings. The lowest BCUT2D eigenvalue weighted by Gasteiger charge is -2.27. The highest BCUT2D eigenvalue weighted by Crippen LogP contribution is 2.19. The number of aliphatic hydroxyl groups excluding tert-OH is 4. The molecule has 0 spiro atoms. The molecule has 4 atom stereocenters. The Morgan fingerprint density at radius 1 is 0.329 bits per heavy atom. The minimum atomic E-state index is -1.28. The third-order valence-electron chi connectivity index (χ3n) is 16.2. The highest BCUT2D eigenvalue weighted by Gasteiger charge is 2.28. The van der Waals surface area contributed by atoms with E-state index in [1.807, 2.05) is 0 Å². The van der Waals surface area contributed by atoms with Gasteiger partial charge in [-0.2, -0.15) is 0 Å². The van der Waals surface area contributed by atoms with E-state index < -0.39 is 36.9 Å². The Morgan fingerprint density at radius 2 is 0.562 bits per heavy atom. The van der Waals surface area contributed by atoms with Crippen LogP contribution in [0.1, 0.15) is 380 Å². The zero-order valence-corrected chi connectivity index (χ0v) is 49.7. The van der Waals surface area contributed by atoms with Gasteiger partial charge in [-0.3, -0.25) is 4.79 Å². The number of carbonyl (C=O) groups excluding carboxylic acids is 1. The summed E-state index contributed by atoms with van der Waals surface area (Å²) in [6.45, 7) is 4.10. The standard InChI is InChI=1S/C67H133NO5/c1-3-5-7-9-11-13-15-17-19-21-23-25-27-29-31-33-35-36-38-40-42-44-46-48-50-52-54-56-58-60-64(70)66(72)63(62-69)68-67(73)65(71)61-59-57-55-53-51-49-47-45-43-41-39-37-34-32-30-28-26-24-22-20-18-16-14-12-10-8-6-4-2/h52,54,63-66,69-72H,3-51,53,55-62H2,1-2H3,(H,68,73)/b54-52+. The number of rotatable bonds is 63. The van der Waals surface area contributed by atoms with Crippen LogP contribution in [-0.2, 0) is 4.79 Å². The first kappa shape index (κ1) is 72.0. The predicted molar refractivity (Wildman–Crippen MR) is 321 cm³/mol. The van der Waals surface area contributed by atoms with E-state index in [1.54, 1.807) is 0 Å². The second kappa shape index (κ2) is 61.9. The third kappa shape index (κ3) is 55.6. The van der Waals surface area contributed by atoms with Crippen molar-refractivity contribution in [3.63, 3.8) is 0 Å². The molecule has 0 aromatic carbocycles. The zero-order chi connectivity index (χ0) is 53.0. The maximum atomic E-state index is 12.6. The van der Waals surface area contributed by atoms with Crippen LogP contribution in [0.5, 0.6) is 0 Å². The predicted octanol–water partition coefficient (Wildman–Crippen LogP) is 20.4. The maximum absolute atomic E-state index is 12.6. The number of carbonyl (C=O) groups is 1. The van der Waals surface area contributed by atoms with Crippen LogP contribution in [0.2, 0.25) is 0 Å². The molecule has 0 aromatic heterocycles. The Balaban J connectivity index is 3.56. The van der Waals surface area contributed by atoms with Gasteiger partial charge in [0.15, 0.2) is 0 Å². The number of amides is 1. The molecular formula is C67H133NO5. The summed E-state index contributed by atoms with van der Waals surface area (Å²) in [6, 6.07) is -1.000. The Hall–Kier alpha value is -0.950. The fourth-order valence-corrected chi connectivity index (χ4v) is 11.0. The lowest BCUT2D eigenvalue weighted by atomic mass is 10.00. The van der Waals surface area contributed by atoms with Crippen molar-refractivity contribution in [3.8, 4) is 0 Å². The van der Waals surface area contributed by atoms with Crippen molar-refractivity contribution in [2.75, 3.05) is 6.61 Å². The number of nitrogens with one attached hydrogen (secondary N) is 1. The fourth-order valence-electron chi connectivity index (χ4n) is 11.0. The largest absolute Gasteiger partial charge is 0.394 e. The Morgan fingerprint density at radius 3 is 0.822 bits per heavy atom. The first-order chi connectivity index (χ1) is 36.0. The van der Waals surface area contributed by atoms with Gasteiger partial charge in [0.2, 0.25) is 5.91 Å². The van der Waals surface area contributed by atoms with Crippen LogP contribution < -0.4 is 5.32 Å². The number of allylic oxidation sites excluding steroid dienone is 2. The van der Waals surface area contributed by atoms with E-state index in [2.05, 4.69) is 31.3 Å². The summed E-state index contributed by atoms with van der Waals surface area (Å²) in [7, 11) is 0. The number of hydrogen-bond acceptors (Lipinski definition) is 5. The molecule has 5 N–H and O–H groups in total. The van der Waals surface area contributed by atoms with Gasteiger partial charge in [-0.1, -0.05) is 353 Å². The van der Waals surface area contributed by atoms with Gasteiger partial charge in [-0.05, 0) is 38.5 Å². The van der Waals surface area contributed by atoms with Crippen LogP contribution in [0.15, 0.2) is 12.2 Å². The first-order valence-corrected chi connectivity index (χ1v) is 33.6. The summed E-state index contributed by atoms with van der Waals surface area (Å²) in [4.78, 5) is 12.6. The van der Waals surface area contributed by atoms with Crippen molar-refractivity contribution in [2.45, 2.75) is 404 Å². The molecule has 0 aliphatic heterocycles. The highest BCUT2D eigenvalue weighted by atomic mass is 16.3. The van der Waals surface area contributed by atoms with Crippen LogP contribution in [0.4, 0.5) is 0 Å². The normalized spacial score (nSPS) is 13.6. The molecule has 1 amide bonds. The lowest BCUT2D eigenvalue weighted by Crippen LogP contribution is -2.53. The van der Waals surface area contributed by atoms with Crippen molar-refractivity contribution in [1.29, 1.82) is 0 Å². The molecule has 6 nitrogen and oxygen atoms in total. The molecule has 0 heterocycles. The van der Waals surface area contributed by atoms with Crippen LogP contribution in [0.3, 0.4) is 0 Å². The molecule has 0 saturated carbocycles. The van der Waals surface area contributed by atoms with Gasteiger partial charge in [0.25, 0.3) is 0 Å². The van der Waals surface area contributed by atoms with E-state index in [4.69, 9.17) is 0 Å². The van der Waals surface area contributed by atoms with E-state index in [0.717, 1.165) is 38.5 Å². The minimum Gasteiger partial charge on any atom is -0.394 e. The summed E-state index contributed by atoms with van der Waals surface area (Å²) in [5.74, 6) is -0.584. The monoisotopic (exact) mass is 1030 g/mol. The van der Waals surface area contributed by atoms with Gasteiger partial charge in [-0.25, -0.2) is 0 Å². The fraction of sp³-hybridized carbons (Fsp3) is 0.955. The molecule has 0 aliphatic rings. The summed E-state index contributed by atoms with van der Waals surface area (Å²) in [6.07, 6.45) is 76.2. The van der Waals surface area contributed by atoms with E-state index in [9.17, 15) is 25.2 Å². The molecule has 0 rings (SSSR count). The molecule has 0 bridgehead atoms. The molecule has 73 heavy (non-hydrogen) atoms. The topological polar surface area (TPSA) is 110 Å². The summed E-state index contributed by atoms with van der Waals surface area (Å²) >= 11 is 0. The highest BCUT2D eigenvalue weighted by molar-refractivity contribution is 5.80. The Bertz CT molecular complexity index is 1070. The Labute approximate surface area is 457 Å². The summed E-state index contributed by atoms with van der Waals surface area (Å²) in [5.41, 5.74) is 0. The quantitative estimate of drug-likeness (QED) is 0.0308. The molecule has 436 valence electrons. The lowest BCUT2D eigenvalue weighted by molar-refractivity contribution is -0.132. The van der Waals surface area contributed by atoms with Crippen LogP contribution >= 0.6 is 0 Å². The van der Waals surface area contributed by atoms with Gasteiger partial charge in [0.1, 0.15) is 12.2 Å². The number of hydrogen-bond donors (Lipinski definition) is 5. The van der Waals surface area contributed by atoms with Gasteiger partial charge in [0.05, 0.1) is 18.8 Å². The summed E-state index contributed by atoms with van der Waals surface area (Å²) in [5, 5.41) is 44.2. The van der Waals surface area contributed by atoms with E-state index in [-0.39, 0.29) is 0 Å². The van der Waals surface area contributed by atoms with Crippen molar-refractivity contribution in [2.24, 2.45) is 0 Å². The molecule has 0 aliphatic carbocycles. The van der Waals surface area contributed by atoms with Crippen molar-refractivity contribution in [1.82, 2.24) is 5.32 Å². The summed E-state index contributed by atoms with van der Waals surface area (Å²) < 4.78 is 0. The average molecular weight is 1030 g/mol. The molecule has 6 heteroatoms. The van der Waals surface area contributed by atoms with Gasteiger partial charge >= 0.3 is 0 Å². The average Bonchev–Trinajstić information content (AvgIpc) is 3.40. The smallest absolute Gasteiger partial charge is 0.249 e. The third-order valence-corrected chi connectivity index (χ3v) is 16.2. The Kier molecular flexibility index (Phi) is 61.1. The molecule has 0 saturated heterocycles. The zero-order valence-electron chi connectivity index (χ0n) is 49.7. The molecular weight excluding hydrogens is 899 g/mol. The van der Waals surface area contributed by atoms with E-state index >= 15 is 0 Å². The van der Waals surface area contributed by atoms with Crippen molar-refractivity contribution >= 4 is 5.91 Å². The van der Waals surface area contributed by atoms with Crippen LogP contribution in [-0.4, -0.2) is 57.3 Å². The van der Waals surface area contributed by atoms with Crippen molar-refractivity contribution in [3.05, 3.63) is 12.2 Å². The second-order valence-electron chi connectivity index (χ2n) is 23.5. The molecule has 0 fully saturated rings.